The third-order valence-electron chi connectivity index (χ3n) is 4.35. The molecule has 0 bridgehead atoms. The second-order valence-electron chi connectivity index (χ2n) is 6.10. The van der Waals surface area contributed by atoms with E-state index in [0.29, 0.717) is 11.4 Å². The third kappa shape index (κ3) is 4.30. The summed E-state index contributed by atoms with van der Waals surface area (Å²) in [7, 11) is 0. The van der Waals surface area contributed by atoms with Crippen molar-refractivity contribution >= 4 is 17.2 Å². The standard InChI is InChI=1S/C19H22N2O2S/c22-17(19-20-11-12-24-19)16(13-14-7-3-1-4-8-14)21-18(23)15-9-5-2-6-10-15/h1-5,7-8,11-12,15-17,22H,6,9-10,13H2,(H,21,23). The zero-order valence-electron chi connectivity index (χ0n) is 13.5. The molecule has 1 aromatic heterocycles. The molecule has 2 aromatic rings. The number of aliphatic hydroxyl groups is 1. The number of carbonyl (C=O) groups excluding carboxylic acids is 1. The van der Waals surface area contributed by atoms with Crippen LogP contribution in [0, 0.1) is 5.92 Å². The summed E-state index contributed by atoms with van der Waals surface area (Å²) < 4.78 is 0. The third-order valence-corrected chi connectivity index (χ3v) is 5.20. The van der Waals surface area contributed by atoms with Crippen LogP contribution in [0.5, 0.6) is 0 Å². The van der Waals surface area contributed by atoms with Gasteiger partial charge in [-0.05, 0) is 31.2 Å². The Morgan fingerprint density at radius 1 is 1.33 bits per heavy atom. The number of carbonyl (C=O) groups is 1. The molecule has 0 radical (unpaired) electrons. The molecular weight excluding hydrogens is 320 g/mol. The first-order valence-corrected chi connectivity index (χ1v) is 9.19. The minimum absolute atomic E-state index is 0.00299. The van der Waals surface area contributed by atoms with E-state index in [2.05, 4.69) is 22.5 Å². The molecule has 1 heterocycles. The second kappa shape index (κ2) is 8.22. The van der Waals surface area contributed by atoms with Gasteiger partial charge in [-0.25, -0.2) is 4.98 Å². The molecule has 1 aliphatic carbocycles. The van der Waals surface area contributed by atoms with Crippen LogP contribution in [-0.2, 0) is 11.2 Å². The van der Waals surface area contributed by atoms with Crippen LogP contribution in [0.3, 0.4) is 0 Å². The van der Waals surface area contributed by atoms with Gasteiger partial charge in [0.25, 0.3) is 0 Å². The van der Waals surface area contributed by atoms with Crippen molar-refractivity contribution < 1.29 is 9.90 Å². The average Bonchev–Trinajstić information content (AvgIpc) is 3.17. The Hall–Kier alpha value is -1.98. The van der Waals surface area contributed by atoms with Gasteiger partial charge < -0.3 is 10.4 Å². The molecule has 3 rings (SSSR count). The molecule has 24 heavy (non-hydrogen) atoms. The number of nitrogens with one attached hydrogen (secondary N) is 1. The average molecular weight is 342 g/mol. The van der Waals surface area contributed by atoms with E-state index in [0.717, 1.165) is 24.8 Å². The summed E-state index contributed by atoms with van der Waals surface area (Å²) in [6, 6.07) is 9.54. The Labute approximate surface area is 146 Å². The summed E-state index contributed by atoms with van der Waals surface area (Å²) >= 11 is 1.41. The van der Waals surface area contributed by atoms with Crippen LogP contribution in [0.2, 0.25) is 0 Å². The molecule has 0 saturated carbocycles. The van der Waals surface area contributed by atoms with Crippen molar-refractivity contribution in [3.05, 3.63) is 64.6 Å². The fourth-order valence-electron chi connectivity index (χ4n) is 2.99. The Kier molecular flexibility index (Phi) is 5.77. The Balaban J connectivity index is 1.73. The lowest BCUT2D eigenvalue weighted by molar-refractivity contribution is -0.126. The number of aromatic nitrogens is 1. The predicted molar refractivity (Wildman–Crippen MR) is 95.6 cm³/mol. The summed E-state index contributed by atoms with van der Waals surface area (Å²) in [5, 5.41) is 16.2. The molecule has 3 atom stereocenters. The number of rotatable bonds is 6. The monoisotopic (exact) mass is 342 g/mol. The van der Waals surface area contributed by atoms with E-state index >= 15 is 0 Å². The largest absolute Gasteiger partial charge is 0.384 e. The normalized spacial score (nSPS) is 19.6. The zero-order chi connectivity index (χ0) is 16.8. The summed E-state index contributed by atoms with van der Waals surface area (Å²) in [6.07, 6.45) is 8.23. The quantitative estimate of drug-likeness (QED) is 0.792. The molecule has 0 fully saturated rings. The van der Waals surface area contributed by atoms with Crippen LogP contribution >= 0.6 is 11.3 Å². The molecule has 1 amide bonds. The van der Waals surface area contributed by atoms with Gasteiger partial charge >= 0.3 is 0 Å². The molecule has 0 spiro atoms. The number of amides is 1. The van der Waals surface area contributed by atoms with Gasteiger partial charge in [-0.2, -0.15) is 0 Å². The minimum Gasteiger partial charge on any atom is -0.384 e. The number of hydrogen-bond donors (Lipinski definition) is 2. The Morgan fingerprint density at radius 3 is 2.83 bits per heavy atom. The summed E-state index contributed by atoms with van der Waals surface area (Å²) in [4.78, 5) is 16.8. The molecule has 126 valence electrons. The van der Waals surface area contributed by atoms with E-state index in [4.69, 9.17) is 0 Å². The fourth-order valence-corrected chi connectivity index (χ4v) is 3.68. The lowest BCUT2D eigenvalue weighted by Gasteiger charge is -2.26. The van der Waals surface area contributed by atoms with Gasteiger partial charge in [0.05, 0.1) is 6.04 Å². The molecule has 0 aliphatic heterocycles. The molecule has 1 aromatic carbocycles. The van der Waals surface area contributed by atoms with Gasteiger partial charge in [0.15, 0.2) is 0 Å². The fraction of sp³-hybridized carbons (Fsp3) is 0.368. The summed E-state index contributed by atoms with van der Waals surface area (Å²) in [5.74, 6) is 0.0210. The van der Waals surface area contributed by atoms with Crippen LogP contribution < -0.4 is 5.32 Å². The van der Waals surface area contributed by atoms with E-state index in [-0.39, 0.29) is 17.9 Å². The maximum Gasteiger partial charge on any atom is 0.223 e. The van der Waals surface area contributed by atoms with E-state index < -0.39 is 6.10 Å². The van der Waals surface area contributed by atoms with E-state index in [1.807, 2.05) is 35.7 Å². The number of nitrogens with zero attached hydrogens (tertiary/aromatic N) is 1. The highest BCUT2D eigenvalue weighted by Crippen LogP contribution is 2.24. The molecule has 5 heteroatoms. The number of benzene rings is 1. The van der Waals surface area contributed by atoms with Crippen LogP contribution in [-0.4, -0.2) is 22.0 Å². The van der Waals surface area contributed by atoms with Crippen LogP contribution in [0.1, 0.15) is 35.9 Å². The predicted octanol–water partition coefficient (Wildman–Crippen LogP) is 3.26. The summed E-state index contributed by atoms with van der Waals surface area (Å²) in [5.41, 5.74) is 1.09. The zero-order valence-corrected chi connectivity index (χ0v) is 14.3. The number of allylic oxidation sites excluding steroid dienone is 2. The molecule has 2 N–H and O–H groups in total. The molecular formula is C19H22N2O2S. The topological polar surface area (TPSA) is 62.2 Å². The first kappa shape index (κ1) is 16.9. The highest BCUT2D eigenvalue weighted by atomic mass is 32.1. The minimum atomic E-state index is -0.798. The smallest absolute Gasteiger partial charge is 0.223 e. The molecule has 3 unspecified atom stereocenters. The van der Waals surface area contributed by atoms with Gasteiger partial charge in [0.1, 0.15) is 11.1 Å². The van der Waals surface area contributed by atoms with Gasteiger partial charge in [0, 0.05) is 17.5 Å². The van der Waals surface area contributed by atoms with E-state index in [1.54, 1.807) is 6.20 Å². The number of hydrogen-bond acceptors (Lipinski definition) is 4. The van der Waals surface area contributed by atoms with Crippen LogP contribution in [0.15, 0.2) is 54.1 Å². The Morgan fingerprint density at radius 2 is 2.17 bits per heavy atom. The van der Waals surface area contributed by atoms with Crippen molar-refractivity contribution in [1.29, 1.82) is 0 Å². The molecule has 4 nitrogen and oxygen atoms in total. The number of aliphatic hydroxyl groups excluding tert-OH is 1. The van der Waals surface area contributed by atoms with Crippen molar-refractivity contribution in [3.63, 3.8) is 0 Å². The highest BCUT2D eigenvalue weighted by molar-refractivity contribution is 7.09. The van der Waals surface area contributed by atoms with E-state index in [9.17, 15) is 9.90 Å². The maximum absolute atomic E-state index is 12.6. The Bertz CT molecular complexity index is 670. The van der Waals surface area contributed by atoms with Crippen molar-refractivity contribution in [2.45, 2.75) is 37.8 Å². The van der Waals surface area contributed by atoms with Crippen molar-refractivity contribution in [3.8, 4) is 0 Å². The molecule has 0 saturated heterocycles. The van der Waals surface area contributed by atoms with Gasteiger partial charge in [-0.3, -0.25) is 4.79 Å². The van der Waals surface area contributed by atoms with Crippen molar-refractivity contribution in [2.24, 2.45) is 5.92 Å². The van der Waals surface area contributed by atoms with Gasteiger partial charge in [0.2, 0.25) is 5.91 Å². The number of thiazole rings is 1. The van der Waals surface area contributed by atoms with E-state index in [1.165, 1.54) is 11.3 Å². The first-order valence-electron chi connectivity index (χ1n) is 8.31. The van der Waals surface area contributed by atoms with Gasteiger partial charge in [-0.1, -0.05) is 42.5 Å². The van der Waals surface area contributed by atoms with Crippen molar-refractivity contribution in [2.75, 3.05) is 0 Å². The summed E-state index contributed by atoms with van der Waals surface area (Å²) in [6.45, 7) is 0. The first-order chi connectivity index (χ1) is 11.7. The van der Waals surface area contributed by atoms with Crippen LogP contribution in [0.4, 0.5) is 0 Å². The van der Waals surface area contributed by atoms with Gasteiger partial charge in [-0.15, -0.1) is 11.3 Å². The second-order valence-corrected chi connectivity index (χ2v) is 7.03. The lowest BCUT2D eigenvalue weighted by Crippen LogP contribution is -2.44. The van der Waals surface area contributed by atoms with Crippen molar-refractivity contribution in [1.82, 2.24) is 10.3 Å². The maximum atomic E-state index is 12.6. The SMILES string of the molecule is O=C(NC(Cc1ccccc1)C(O)c1nccs1)C1CC=CCC1. The highest BCUT2D eigenvalue weighted by Gasteiger charge is 2.28. The lowest BCUT2D eigenvalue weighted by atomic mass is 9.92. The van der Waals surface area contributed by atoms with Crippen LogP contribution in [0.25, 0.3) is 0 Å². The molecule has 1 aliphatic rings.